The fourth-order valence-corrected chi connectivity index (χ4v) is 1.72. The zero-order valence-electron chi connectivity index (χ0n) is 10.2. The largest absolute Gasteiger partial charge is 0.494 e. The van der Waals surface area contributed by atoms with Crippen LogP contribution in [0.4, 0.5) is 8.78 Å². The number of ether oxygens (including phenoxy) is 1. The summed E-state index contributed by atoms with van der Waals surface area (Å²) in [5.74, 6) is -0.985. The highest BCUT2D eigenvalue weighted by Gasteiger charge is 2.20. The van der Waals surface area contributed by atoms with Crippen LogP contribution in [0.2, 0.25) is 0 Å². The summed E-state index contributed by atoms with van der Waals surface area (Å²) in [5.41, 5.74) is 0.0341. The third-order valence-electron chi connectivity index (χ3n) is 2.67. The maximum atomic E-state index is 14.2. The predicted octanol–water partition coefficient (Wildman–Crippen LogP) is 1.82. The van der Waals surface area contributed by atoms with Crippen molar-refractivity contribution in [2.75, 3.05) is 7.11 Å². The molecule has 1 aromatic carbocycles. The van der Waals surface area contributed by atoms with Crippen LogP contribution in [0.25, 0.3) is 5.69 Å². The summed E-state index contributed by atoms with van der Waals surface area (Å²) in [5, 5.41) is 10.8. The van der Waals surface area contributed by atoms with E-state index in [0.717, 1.165) is 0 Å². The lowest BCUT2D eigenvalue weighted by molar-refractivity contribution is 0.380. The third kappa shape index (κ3) is 1.81. The molecule has 0 fully saturated rings. The molecule has 0 atom stereocenters. The molecule has 0 amide bonds. The monoisotopic (exact) mass is 254 g/mol. The molecule has 96 valence electrons. The van der Waals surface area contributed by atoms with Gasteiger partial charge in [-0.15, -0.1) is 5.10 Å². The first-order valence-corrected chi connectivity index (χ1v) is 5.40. The molecule has 2 rings (SSSR count). The van der Waals surface area contributed by atoms with Crippen LogP contribution >= 0.6 is 0 Å². The number of rotatable bonds is 3. The summed E-state index contributed by atoms with van der Waals surface area (Å²) >= 11 is 0. The number of methoxy groups -OCH3 is 1. The van der Waals surface area contributed by atoms with Gasteiger partial charge >= 0.3 is 0 Å². The van der Waals surface area contributed by atoms with E-state index in [-0.39, 0.29) is 23.4 Å². The van der Waals surface area contributed by atoms with Crippen LogP contribution in [0.1, 0.15) is 18.3 Å². The first-order chi connectivity index (χ1) is 8.60. The molecule has 0 saturated carbocycles. The van der Waals surface area contributed by atoms with Crippen LogP contribution < -0.4 is 4.74 Å². The van der Waals surface area contributed by atoms with Gasteiger partial charge in [-0.1, -0.05) is 6.92 Å². The molecule has 1 heterocycles. The Kier molecular flexibility index (Phi) is 3.22. The summed E-state index contributed by atoms with van der Waals surface area (Å²) in [6, 6.07) is 1.24. The van der Waals surface area contributed by atoms with E-state index in [9.17, 15) is 8.78 Å². The van der Waals surface area contributed by atoms with Crippen LogP contribution in [0.15, 0.2) is 6.07 Å². The van der Waals surface area contributed by atoms with E-state index in [1.807, 2.05) is 0 Å². The normalized spacial score (nSPS) is 10.7. The SMILES string of the molecule is CCc1c(F)c(OC)cc(-n2nnnc2C)c1F. The standard InChI is InChI=1S/C11H12F2N4O/c1-4-7-10(12)8(5-9(18-3)11(7)13)17-6(2)14-15-16-17/h5H,4H2,1-3H3. The van der Waals surface area contributed by atoms with Crippen molar-refractivity contribution in [3.8, 4) is 11.4 Å². The van der Waals surface area contributed by atoms with Gasteiger partial charge in [-0.25, -0.2) is 8.78 Å². The van der Waals surface area contributed by atoms with E-state index in [0.29, 0.717) is 5.82 Å². The van der Waals surface area contributed by atoms with Gasteiger partial charge in [0.15, 0.2) is 23.2 Å². The molecule has 18 heavy (non-hydrogen) atoms. The van der Waals surface area contributed by atoms with Crippen molar-refractivity contribution in [1.82, 2.24) is 20.2 Å². The fraction of sp³-hybridized carbons (Fsp3) is 0.364. The molecule has 7 heteroatoms. The van der Waals surface area contributed by atoms with E-state index in [1.165, 1.54) is 17.9 Å². The molecule has 2 aromatic rings. The average Bonchev–Trinajstić information content (AvgIpc) is 2.77. The molecule has 0 saturated heterocycles. The van der Waals surface area contributed by atoms with Gasteiger partial charge in [0.25, 0.3) is 0 Å². The molecular formula is C11H12F2N4O. The Balaban J connectivity index is 2.72. The van der Waals surface area contributed by atoms with Crippen molar-refractivity contribution >= 4 is 0 Å². The number of hydrogen-bond acceptors (Lipinski definition) is 4. The molecule has 0 N–H and O–H groups in total. The maximum absolute atomic E-state index is 14.2. The second-order valence-corrected chi connectivity index (χ2v) is 3.70. The van der Waals surface area contributed by atoms with E-state index in [1.54, 1.807) is 13.8 Å². The number of halogens is 2. The minimum Gasteiger partial charge on any atom is -0.494 e. The Labute approximate surface area is 102 Å². The van der Waals surface area contributed by atoms with Crippen molar-refractivity contribution < 1.29 is 13.5 Å². The minimum absolute atomic E-state index is 0.0295. The molecule has 0 radical (unpaired) electrons. The van der Waals surface area contributed by atoms with Crippen LogP contribution in [0, 0.1) is 18.6 Å². The zero-order chi connectivity index (χ0) is 13.3. The Bertz CT molecular complexity index is 583. The van der Waals surface area contributed by atoms with Gasteiger partial charge in [0, 0.05) is 11.6 Å². The summed E-state index contributed by atoms with van der Waals surface area (Å²) in [6.07, 6.45) is 0.211. The number of aromatic nitrogens is 4. The predicted molar refractivity (Wildman–Crippen MR) is 59.7 cm³/mol. The van der Waals surface area contributed by atoms with Gasteiger partial charge in [0.2, 0.25) is 0 Å². The lowest BCUT2D eigenvalue weighted by atomic mass is 10.1. The molecule has 1 aromatic heterocycles. The topological polar surface area (TPSA) is 52.8 Å². The van der Waals surface area contributed by atoms with E-state index in [4.69, 9.17) is 4.74 Å². The Hall–Kier alpha value is -2.05. The lowest BCUT2D eigenvalue weighted by Crippen LogP contribution is -2.08. The van der Waals surface area contributed by atoms with E-state index < -0.39 is 11.6 Å². The van der Waals surface area contributed by atoms with Crippen molar-refractivity contribution in [3.63, 3.8) is 0 Å². The Morgan fingerprint density at radius 1 is 1.33 bits per heavy atom. The van der Waals surface area contributed by atoms with Gasteiger partial charge in [0.1, 0.15) is 5.69 Å². The molecule has 0 unspecified atom stereocenters. The first kappa shape index (κ1) is 12.4. The number of tetrazole rings is 1. The fourth-order valence-electron chi connectivity index (χ4n) is 1.72. The molecule has 0 bridgehead atoms. The van der Waals surface area contributed by atoms with Gasteiger partial charge in [0.05, 0.1) is 7.11 Å². The van der Waals surface area contributed by atoms with Crippen LogP contribution in [-0.4, -0.2) is 27.3 Å². The second kappa shape index (κ2) is 4.67. The summed E-state index contributed by atoms with van der Waals surface area (Å²) in [4.78, 5) is 0. The van der Waals surface area contributed by atoms with Crippen molar-refractivity contribution in [2.24, 2.45) is 0 Å². The lowest BCUT2D eigenvalue weighted by Gasteiger charge is -2.12. The first-order valence-electron chi connectivity index (χ1n) is 5.40. The summed E-state index contributed by atoms with van der Waals surface area (Å²) in [6.45, 7) is 3.29. The van der Waals surface area contributed by atoms with Gasteiger partial charge < -0.3 is 4.74 Å². The van der Waals surface area contributed by atoms with Crippen LogP contribution in [0.5, 0.6) is 5.75 Å². The molecule has 0 aliphatic rings. The number of hydrogen-bond donors (Lipinski definition) is 0. The molecule has 0 aliphatic carbocycles. The quantitative estimate of drug-likeness (QED) is 0.838. The van der Waals surface area contributed by atoms with E-state index >= 15 is 0 Å². The second-order valence-electron chi connectivity index (χ2n) is 3.70. The molecule has 0 spiro atoms. The zero-order valence-corrected chi connectivity index (χ0v) is 10.2. The van der Waals surface area contributed by atoms with Gasteiger partial charge in [-0.3, -0.25) is 0 Å². The third-order valence-corrected chi connectivity index (χ3v) is 2.67. The molecule has 5 nitrogen and oxygen atoms in total. The van der Waals surface area contributed by atoms with Crippen molar-refractivity contribution in [2.45, 2.75) is 20.3 Å². The summed E-state index contributed by atoms with van der Waals surface area (Å²) < 4.78 is 34.1. The van der Waals surface area contributed by atoms with Crippen LogP contribution in [-0.2, 0) is 6.42 Å². The number of nitrogens with zero attached hydrogens (tertiary/aromatic N) is 4. The average molecular weight is 254 g/mol. The van der Waals surface area contributed by atoms with Gasteiger partial charge in [-0.2, -0.15) is 4.68 Å². The minimum atomic E-state index is -0.688. The molecular weight excluding hydrogens is 242 g/mol. The van der Waals surface area contributed by atoms with Gasteiger partial charge in [-0.05, 0) is 23.8 Å². The summed E-state index contributed by atoms with van der Waals surface area (Å²) in [7, 11) is 1.33. The highest BCUT2D eigenvalue weighted by atomic mass is 19.1. The van der Waals surface area contributed by atoms with Crippen LogP contribution in [0.3, 0.4) is 0 Å². The highest BCUT2D eigenvalue weighted by Crippen LogP contribution is 2.29. The number of benzene rings is 1. The Morgan fingerprint density at radius 2 is 2.06 bits per heavy atom. The highest BCUT2D eigenvalue weighted by molar-refractivity contribution is 5.46. The maximum Gasteiger partial charge on any atom is 0.171 e. The van der Waals surface area contributed by atoms with Crippen molar-refractivity contribution in [3.05, 3.63) is 29.1 Å². The van der Waals surface area contributed by atoms with E-state index in [2.05, 4.69) is 15.5 Å². The Morgan fingerprint density at radius 3 is 2.56 bits per heavy atom. The van der Waals surface area contributed by atoms with Crippen molar-refractivity contribution in [1.29, 1.82) is 0 Å². The number of aryl methyl sites for hydroxylation is 1. The molecule has 0 aliphatic heterocycles. The smallest absolute Gasteiger partial charge is 0.171 e.